The lowest BCUT2D eigenvalue weighted by Crippen LogP contribution is -2.15. The van der Waals surface area contributed by atoms with Crippen molar-refractivity contribution in [2.24, 2.45) is 0 Å². The van der Waals surface area contributed by atoms with Crippen molar-refractivity contribution in [1.82, 2.24) is 15.0 Å². The van der Waals surface area contributed by atoms with Crippen molar-refractivity contribution in [3.8, 4) is 56.2 Å². The second kappa shape index (κ2) is 10.3. The molecule has 1 aliphatic rings. The van der Waals surface area contributed by atoms with Crippen molar-refractivity contribution in [2.45, 2.75) is 19.3 Å². The normalized spacial score (nSPS) is 13.1. The molecule has 0 unspecified atom stereocenters. The van der Waals surface area contributed by atoms with Gasteiger partial charge in [-0.2, -0.15) is 9.97 Å². The van der Waals surface area contributed by atoms with Crippen LogP contribution >= 0.6 is 11.6 Å². The summed E-state index contributed by atoms with van der Waals surface area (Å²) in [6.45, 7) is 4.54. The Morgan fingerprint density at radius 2 is 1.00 bits per heavy atom. The topological polar surface area (TPSA) is 38.7 Å². The molecule has 0 amide bonds. The number of hydrogen-bond donors (Lipinski definition) is 0. The Labute approximate surface area is 261 Å². The smallest absolute Gasteiger partial charge is 0.208 e. The van der Waals surface area contributed by atoms with E-state index in [0.29, 0.717) is 11.6 Å². The van der Waals surface area contributed by atoms with Gasteiger partial charge >= 0.3 is 0 Å². The van der Waals surface area contributed by atoms with Crippen LogP contribution in [0.15, 0.2) is 133 Å². The minimum atomic E-state index is -0.112. The molecule has 1 heterocycles. The lowest BCUT2D eigenvalue weighted by Gasteiger charge is -2.21. The van der Waals surface area contributed by atoms with E-state index in [2.05, 4.69) is 157 Å². The Morgan fingerprint density at radius 3 is 1.73 bits per heavy atom. The molecule has 0 saturated heterocycles. The molecular formula is C40H28ClN3. The zero-order valence-corrected chi connectivity index (χ0v) is 25.2. The molecule has 6 aromatic carbocycles. The highest BCUT2D eigenvalue weighted by Crippen LogP contribution is 2.49. The van der Waals surface area contributed by atoms with E-state index in [1.165, 1.54) is 49.7 Å². The molecule has 0 aliphatic heterocycles. The van der Waals surface area contributed by atoms with Crippen LogP contribution in [0.2, 0.25) is 5.28 Å². The maximum atomic E-state index is 6.50. The Bertz CT molecular complexity index is 2200. The zero-order chi connectivity index (χ0) is 29.8. The van der Waals surface area contributed by atoms with Gasteiger partial charge in [0.05, 0.1) is 0 Å². The van der Waals surface area contributed by atoms with Crippen LogP contribution in [0.25, 0.3) is 66.9 Å². The second-order valence-electron chi connectivity index (χ2n) is 11.8. The minimum Gasteiger partial charge on any atom is -0.208 e. The summed E-state index contributed by atoms with van der Waals surface area (Å²) in [6, 6.07) is 47.0. The molecule has 0 N–H and O–H groups in total. The van der Waals surface area contributed by atoms with Crippen molar-refractivity contribution in [3.05, 3.63) is 150 Å². The highest BCUT2D eigenvalue weighted by atomic mass is 35.5. The molecule has 0 spiro atoms. The molecule has 4 heteroatoms. The number of rotatable bonds is 4. The van der Waals surface area contributed by atoms with E-state index in [0.717, 1.165) is 16.7 Å². The summed E-state index contributed by atoms with van der Waals surface area (Å²) >= 11 is 6.50. The van der Waals surface area contributed by atoms with E-state index in [4.69, 9.17) is 16.6 Å². The third-order valence-corrected chi connectivity index (χ3v) is 9.06. The molecule has 44 heavy (non-hydrogen) atoms. The fourth-order valence-electron chi connectivity index (χ4n) is 6.69. The van der Waals surface area contributed by atoms with E-state index >= 15 is 0 Å². The van der Waals surface area contributed by atoms with Gasteiger partial charge in [-0.15, -0.1) is 0 Å². The lowest BCUT2D eigenvalue weighted by molar-refractivity contribution is 0.660. The zero-order valence-electron chi connectivity index (χ0n) is 24.4. The molecule has 0 bridgehead atoms. The van der Waals surface area contributed by atoms with Gasteiger partial charge in [-0.05, 0) is 72.9 Å². The van der Waals surface area contributed by atoms with E-state index in [-0.39, 0.29) is 10.7 Å². The van der Waals surface area contributed by atoms with Crippen LogP contribution in [0.1, 0.15) is 25.0 Å². The SMILES string of the molecule is CC1(C)c2ccccc2-c2ccc(-c3nc(Cl)nc(-c4ccc(-c5cccc6cccc(-c7ccccc7)c56)cc4)n3)cc21. The molecule has 0 atom stereocenters. The van der Waals surface area contributed by atoms with Gasteiger partial charge in [0, 0.05) is 16.5 Å². The van der Waals surface area contributed by atoms with Gasteiger partial charge in [0.2, 0.25) is 5.28 Å². The predicted octanol–water partition coefficient (Wildman–Crippen LogP) is 10.7. The summed E-state index contributed by atoms with van der Waals surface area (Å²) in [5.41, 5.74) is 11.6. The molecule has 0 fully saturated rings. The summed E-state index contributed by atoms with van der Waals surface area (Å²) in [5.74, 6) is 1.12. The van der Waals surface area contributed by atoms with Gasteiger partial charge in [0.15, 0.2) is 11.6 Å². The Hall–Kier alpha value is -5.12. The van der Waals surface area contributed by atoms with Crippen molar-refractivity contribution in [3.63, 3.8) is 0 Å². The molecule has 3 nitrogen and oxygen atoms in total. The van der Waals surface area contributed by atoms with E-state index in [1.807, 2.05) is 0 Å². The van der Waals surface area contributed by atoms with Crippen LogP contribution in [0, 0.1) is 0 Å². The maximum Gasteiger partial charge on any atom is 0.226 e. The number of halogens is 1. The third kappa shape index (κ3) is 4.32. The number of nitrogens with zero attached hydrogens (tertiary/aromatic N) is 3. The quantitative estimate of drug-likeness (QED) is 0.206. The fraction of sp³-hybridized carbons (Fsp3) is 0.0750. The standard InChI is InChI=1S/C40H28ClN3/c1-40(2)34-17-7-6-14-32(34)33-23-22-29(24-35(33)40)38-42-37(43-39(41)44-38)28-20-18-26(19-21-28)31-16-9-13-27-12-8-15-30(36(27)31)25-10-4-3-5-11-25/h3-24H,1-2H3. The average Bonchev–Trinajstić information content (AvgIpc) is 3.30. The molecule has 0 radical (unpaired) electrons. The summed E-state index contributed by atoms with van der Waals surface area (Å²) in [6.07, 6.45) is 0. The van der Waals surface area contributed by atoms with Crippen LogP contribution in [-0.2, 0) is 5.41 Å². The fourth-order valence-corrected chi connectivity index (χ4v) is 6.85. The lowest BCUT2D eigenvalue weighted by atomic mass is 9.82. The number of aromatic nitrogens is 3. The van der Waals surface area contributed by atoms with E-state index in [9.17, 15) is 0 Å². The van der Waals surface area contributed by atoms with Crippen LogP contribution in [-0.4, -0.2) is 15.0 Å². The minimum absolute atomic E-state index is 0.112. The summed E-state index contributed by atoms with van der Waals surface area (Å²) < 4.78 is 0. The van der Waals surface area contributed by atoms with Gasteiger partial charge in [0.1, 0.15) is 0 Å². The first-order valence-corrected chi connectivity index (χ1v) is 15.2. The molecule has 0 saturated carbocycles. The predicted molar refractivity (Wildman–Crippen MR) is 182 cm³/mol. The summed E-state index contributed by atoms with van der Waals surface area (Å²) in [7, 11) is 0. The summed E-state index contributed by atoms with van der Waals surface area (Å²) in [5, 5.41) is 2.63. The first-order chi connectivity index (χ1) is 21.5. The van der Waals surface area contributed by atoms with Crippen molar-refractivity contribution in [1.29, 1.82) is 0 Å². The third-order valence-electron chi connectivity index (χ3n) is 8.89. The molecule has 1 aliphatic carbocycles. The average molecular weight is 586 g/mol. The van der Waals surface area contributed by atoms with Crippen LogP contribution in [0.5, 0.6) is 0 Å². The monoisotopic (exact) mass is 585 g/mol. The first kappa shape index (κ1) is 26.5. The summed E-state index contributed by atoms with van der Waals surface area (Å²) in [4.78, 5) is 13.9. The van der Waals surface area contributed by atoms with Gasteiger partial charge in [-0.1, -0.05) is 141 Å². The first-order valence-electron chi connectivity index (χ1n) is 14.8. The van der Waals surface area contributed by atoms with Crippen molar-refractivity contribution in [2.75, 3.05) is 0 Å². The maximum absolute atomic E-state index is 6.50. The highest BCUT2D eigenvalue weighted by molar-refractivity contribution is 6.28. The highest BCUT2D eigenvalue weighted by Gasteiger charge is 2.35. The van der Waals surface area contributed by atoms with Gasteiger partial charge in [-0.3, -0.25) is 0 Å². The van der Waals surface area contributed by atoms with Gasteiger partial charge in [-0.25, -0.2) is 4.98 Å². The van der Waals surface area contributed by atoms with Gasteiger partial charge < -0.3 is 0 Å². The Morgan fingerprint density at radius 1 is 0.455 bits per heavy atom. The van der Waals surface area contributed by atoms with Crippen LogP contribution in [0.4, 0.5) is 0 Å². The van der Waals surface area contributed by atoms with E-state index in [1.54, 1.807) is 0 Å². The second-order valence-corrected chi connectivity index (χ2v) is 12.2. The number of benzene rings is 6. The van der Waals surface area contributed by atoms with Crippen molar-refractivity contribution < 1.29 is 0 Å². The molecule has 8 rings (SSSR count). The van der Waals surface area contributed by atoms with Crippen molar-refractivity contribution >= 4 is 22.4 Å². The number of fused-ring (bicyclic) bond motifs is 4. The van der Waals surface area contributed by atoms with Crippen LogP contribution in [0.3, 0.4) is 0 Å². The molecule has 1 aromatic heterocycles. The molecular weight excluding hydrogens is 558 g/mol. The largest absolute Gasteiger partial charge is 0.226 e. The Kier molecular flexibility index (Phi) is 6.18. The van der Waals surface area contributed by atoms with Crippen LogP contribution < -0.4 is 0 Å². The van der Waals surface area contributed by atoms with Gasteiger partial charge in [0.25, 0.3) is 0 Å². The molecule has 210 valence electrons. The number of hydrogen-bond acceptors (Lipinski definition) is 3. The Balaban J connectivity index is 1.17. The van der Waals surface area contributed by atoms with E-state index < -0.39 is 0 Å². The molecule has 7 aromatic rings.